The summed E-state index contributed by atoms with van der Waals surface area (Å²) >= 11 is 0. The fourth-order valence-electron chi connectivity index (χ4n) is 10.8. The molecule has 1 aromatic heterocycles. The van der Waals surface area contributed by atoms with Crippen molar-refractivity contribution in [2.75, 3.05) is 0 Å². The average Bonchev–Trinajstić information content (AvgIpc) is 3.90. The van der Waals surface area contributed by atoms with Crippen molar-refractivity contribution in [2.45, 2.75) is 10.8 Å². The van der Waals surface area contributed by atoms with Crippen molar-refractivity contribution in [3.63, 3.8) is 0 Å². The number of aromatic nitrogens is 1. The number of fused-ring (bicyclic) bond motifs is 9. The molecule has 0 spiro atoms. The van der Waals surface area contributed by atoms with Gasteiger partial charge in [0.1, 0.15) is 0 Å². The van der Waals surface area contributed by atoms with E-state index in [-0.39, 0.29) is 0 Å². The molecule has 0 N–H and O–H groups in total. The summed E-state index contributed by atoms with van der Waals surface area (Å²) in [5.74, 6) is 0. The Bertz CT molecular complexity index is 2880. The fourth-order valence-corrected chi connectivity index (χ4v) is 10.8. The van der Waals surface area contributed by atoms with Gasteiger partial charge in [-0.2, -0.15) is 0 Å². The van der Waals surface area contributed by atoms with E-state index in [1.54, 1.807) is 0 Å². The lowest BCUT2D eigenvalue weighted by molar-refractivity contribution is 0.769. The van der Waals surface area contributed by atoms with Gasteiger partial charge in [0.2, 0.25) is 0 Å². The zero-order valence-corrected chi connectivity index (χ0v) is 31.3. The zero-order valence-electron chi connectivity index (χ0n) is 31.3. The van der Waals surface area contributed by atoms with Crippen LogP contribution in [-0.2, 0) is 10.8 Å². The molecule has 0 saturated carbocycles. The highest BCUT2D eigenvalue weighted by molar-refractivity contribution is 6.10. The Morgan fingerprint density at radius 3 is 0.947 bits per heavy atom. The van der Waals surface area contributed by atoms with E-state index in [0.717, 1.165) is 5.69 Å². The maximum atomic E-state index is 2.51. The van der Waals surface area contributed by atoms with Gasteiger partial charge in [0.15, 0.2) is 0 Å². The van der Waals surface area contributed by atoms with Crippen LogP contribution in [0.5, 0.6) is 0 Å². The lowest BCUT2D eigenvalue weighted by atomic mass is 9.67. The van der Waals surface area contributed by atoms with E-state index in [1.165, 1.54) is 88.6 Å². The zero-order chi connectivity index (χ0) is 37.6. The molecule has 266 valence electrons. The summed E-state index contributed by atoms with van der Waals surface area (Å²) in [5.41, 5.74) is 18.2. The van der Waals surface area contributed by atoms with Gasteiger partial charge >= 0.3 is 0 Å². The van der Waals surface area contributed by atoms with Crippen molar-refractivity contribution in [2.24, 2.45) is 0 Å². The van der Waals surface area contributed by atoms with Gasteiger partial charge < -0.3 is 4.57 Å². The van der Waals surface area contributed by atoms with Gasteiger partial charge in [-0.1, -0.05) is 188 Å². The van der Waals surface area contributed by atoms with Gasteiger partial charge in [-0.05, 0) is 103 Å². The lowest BCUT2D eigenvalue weighted by Crippen LogP contribution is -2.28. The first-order valence-electron chi connectivity index (χ1n) is 19.9. The summed E-state index contributed by atoms with van der Waals surface area (Å²) < 4.78 is 2.45. The molecule has 10 aromatic rings. The van der Waals surface area contributed by atoms with E-state index in [1.807, 2.05) is 0 Å². The Morgan fingerprint density at radius 2 is 0.579 bits per heavy atom. The summed E-state index contributed by atoms with van der Waals surface area (Å²) in [5, 5.41) is 2.49. The molecule has 0 atom stereocenters. The van der Waals surface area contributed by atoms with Crippen molar-refractivity contribution in [1.29, 1.82) is 0 Å². The first kappa shape index (κ1) is 32.1. The highest BCUT2D eigenvalue weighted by Gasteiger charge is 2.47. The van der Waals surface area contributed by atoms with Gasteiger partial charge in [0, 0.05) is 16.5 Å². The Hall–Kier alpha value is -7.22. The summed E-state index contributed by atoms with van der Waals surface area (Å²) in [6.45, 7) is 0. The van der Waals surface area contributed by atoms with E-state index < -0.39 is 10.8 Å². The predicted molar refractivity (Wildman–Crippen MR) is 235 cm³/mol. The van der Waals surface area contributed by atoms with E-state index in [4.69, 9.17) is 0 Å². The van der Waals surface area contributed by atoms with E-state index in [0.29, 0.717) is 0 Å². The smallest absolute Gasteiger partial charge is 0.0713 e. The monoisotopic (exact) mass is 723 g/mol. The molecule has 9 aromatic carbocycles. The second-order valence-electron chi connectivity index (χ2n) is 15.5. The van der Waals surface area contributed by atoms with Crippen LogP contribution in [-0.4, -0.2) is 4.57 Å². The van der Waals surface area contributed by atoms with E-state index in [2.05, 4.69) is 229 Å². The number of hydrogen-bond donors (Lipinski definition) is 0. The molecule has 12 rings (SSSR count). The van der Waals surface area contributed by atoms with Crippen LogP contribution in [0.1, 0.15) is 44.5 Å². The lowest BCUT2D eigenvalue weighted by Gasteiger charge is -2.34. The maximum absolute atomic E-state index is 2.51. The van der Waals surface area contributed by atoms with Crippen LogP contribution in [0.2, 0.25) is 0 Å². The summed E-state index contributed by atoms with van der Waals surface area (Å²) in [6, 6.07) is 83.7. The molecular weight excluding hydrogens is 687 g/mol. The Morgan fingerprint density at radius 1 is 0.263 bits per heavy atom. The van der Waals surface area contributed by atoms with Gasteiger partial charge in [-0.15, -0.1) is 0 Å². The minimum atomic E-state index is -0.490. The molecule has 0 amide bonds. The van der Waals surface area contributed by atoms with Crippen molar-refractivity contribution < 1.29 is 0 Å². The van der Waals surface area contributed by atoms with Crippen LogP contribution in [0.3, 0.4) is 0 Å². The van der Waals surface area contributed by atoms with Crippen LogP contribution >= 0.6 is 0 Å². The van der Waals surface area contributed by atoms with Crippen molar-refractivity contribution in [3.8, 4) is 27.9 Å². The highest BCUT2D eigenvalue weighted by Crippen LogP contribution is 2.58. The number of para-hydroxylation sites is 1. The van der Waals surface area contributed by atoms with Gasteiger partial charge in [0.25, 0.3) is 0 Å². The van der Waals surface area contributed by atoms with Gasteiger partial charge in [-0.3, -0.25) is 0 Å². The molecule has 2 aliphatic rings. The number of benzene rings is 9. The summed E-state index contributed by atoms with van der Waals surface area (Å²) in [4.78, 5) is 0. The molecule has 0 aliphatic heterocycles. The SMILES string of the molecule is c1ccc(-n2c3ccc(C4(c5ccccc5)c5ccccc5-c5ccccc54)cc3c3cc(C4(c5ccccc5)c5ccccc5-c5ccccc54)ccc32)cc1. The first-order chi connectivity index (χ1) is 28.3. The average molecular weight is 724 g/mol. The maximum Gasteiger partial charge on any atom is 0.0713 e. The fraction of sp³-hybridized carbons (Fsp3) is 0.0357. The largest absolute Gasteiger partial charge is 0.309 e. The normalized spacial score (nSPS) is 14.2. The molecule has 0 bridgehead atoms. The molecular formula is C56H37N. The van der Waals surface area contributed by atoms with Gasteiger partial charge in [0.05, 0.1) is 21.9 Å². The molecule has 0 saturated heterocycles. The molecule has 1 heteroatoms. The Kier molecular flexibility index (Phi) is 6.83. The van der Waals surface area contributed by atoms with E-state index >= 15 is 0 Å². The van der Waals surface area contributed by atoms with Crippen LogP contribution in [0.4, 0.5) is 0 Å². The van der Waals surface area contributed by atoms with Crippen LogP contribution in [0.15, 0.2) is 224 Å². The first-order valence-corrected chi connectivity index (χ1v) is 19.9. The number of nitrogens with zero attached hydrogens (tertiary/aromatic N) is 1. The van der Waals surface area contributed by atoms with Crippen LogP contribution in [0.25, 0.3) is 49.7 Å². The summed E-state index contributed by atoms with van der Waals surface area (Å²) in [6.07, 6.45) is 0. The second-order valence-corrected chi connectivity index (χ2v) is 15.5. The van der Waals surface area contributed by atoms with Crippen molar-refractivity contribution in [3.05, 3.63) is 269 Å². The number of hydrogen-bond acceptors (Lipinski definition) is 0. The van der Waals surface area contributed by atoms with Gasteiger partial charge in [-0.25, -0.2) is 0 Å². The van der Waals surface area contributed by atoms with Crippen molar-refractivity contribution in [1.82, 2.24) is 4.57 Å². The third-order valence-corrected chi connectivity index (χ3v) is 13.0. The molecule has 0 radical (unpaired) electrons. The Labute approximate surface area is 332 Å². The number of rotatable bonds is 5. The third-order valence-electron chi connectivity index (χ3n) is 13.0. The predicted octanol–water partition coefficient (Wildman–Crippen LogP) is 13.5. The quantitative estimate of drug-likeness (QED) is 0.167. The Balaban J connectivity index is 1.21. The van der Waals surface area contributed by atoms with Crippen LogP contribution in [0, 0.1) is 0 Å². The van der Waals surface area contributed by atoms with Crippen molar-refractivity contribution >= 4 is 21.8 Å². The highest BCUT2D eigenvalue weighted by atomic mass is 15.0. The molecule has 0 unspecified atom stereocenters. The molecule has 1 nitrogen and oxygen atoms in total. The molecule has 2 aliphatic carbocycles. The third kappa shape index (κ3) is 4.23. The minimum absolute atomic E-state index is 0.490. The minimum Gasteiger partial charge on any atom is -0.309 e. The molecule has 0 fully saturated rings. The second kappa shape index (κ2) is 12.1. The molecule has 1 heterocycles. The van der Waals surface area contributed by atoms with E-state index in [9.17, 15) is 0 Å². The topological polar surface area (TPSA) is 4.93 Å². The van der Waals surface area contributed by atoms with Crippen LogP contribution < -0.4 is 0 Å². The summed E-state index contributed by atoms with van der Waals surface area (Å²) in [7, 11) is 0. The molecule has 57 heavy (non-hydrogen) atoms. The standard InChI is InChI=1S/C56H37N/c1-4-18-38(19-5-1)55(49-28-14-10-24-43(49)44-25-11-15-29-50(44)55)40-32-34-53-47(36-40)48-37-41(33-35-54(48)57(53)42-22-8-3-9-23-42)56(39-20-6-2-7-21-39)51-30-16-12-26-45(51)46-27-13-17-31-52(46)56/h1-37H.